The number of H-pyrrole nitrogens is 1. The van der Waals surface area contributed by atoms with Crippen molar-refractivity contribution in [3.63, 3.8) is 0 Å². The first-order chi connectivity index (χ1) is 6.81. The first-order valence-corrected chi connectivity index (χ1v) is 4.03. The molecule has 0 aliphatic rings. The third-order valence-electron chi connectivity index (χ3n) is 1.64. The van der Waals surface area contributed by atoms with Crippen molar-refractivity contribution in [1.29, 1.82) is 0 Å². The number of rotatable bonds is 2. The monoisotopic (exact) mass is 209 g/mol. The molecule has 2 heterocycles. The van der Waals surface area contributed by atoms with Crippen molar-refractivity contribution in [1.82, 2.24) is 20.2 Å². The summed E-state index contributed by atoms with van der Waals surface area (Å²) in [4.78, 5) is 17.9. The normalized spacial score (nSPS) is 10.1. The molecule has 0 amide bonds. The van der Waals surface area contributed by atoms with E-state index in [1.807, 2.05) is 0 Å². The molecule has 0 aliphatic heterocycles. The summed E-state index contributed by atoms with van der Waals surface area (Å²) in [7, 11) is 0. The topological polar surface area (TPSA) is 83.9 Å². The van der Waals surface area contributed by atoms with Crippen LogP contribution in [0.1, 0.15) is 0 Å². The van der Waals surface area contributed by atoms with Crippen LogP contribution in [0, 0.1) is 4.91 Å². The van der Waals surface area contributed by atoms with Crippen LogP contribution in [-0.2, 0) is 0 Å². The van der Waals surface area contributed by atoms with Gasteiger partial charge in [0.15, 0.2) is 0 Å². The molecule has 14 heavy (non-hydrogen) atoms. The number of nitrogens with zero attached hydrogens (tertiary/aromatic N) is 4. The minimum atomic E-state index is 0.149. The van der Waals surface area contributed by atoms with Gasteiger partial charge < -0.3 is 0 Å². The number of nitrogens with one attached hydrogen (secondary N) is 1. The van der Waals surface area contributed by atoms with Crippen molar-refractivity contribution in [3.8, 4) is 11.1 Å². The van der Waals surface area contributed by atoms with Crippen LogP contribution in [0.5, 0.6) is 0 Å². The van der Waals surface area contributed by atoms with Gasteiger partial charge in [-0.15, -0.1) is 4.91 Å². The molecule has 0 fully saturated rings. The standard InChI is InChI=1S/C7H4ClN5O/c8-7-9-1-4(2-10-7)5-3-11-12-6(5)13-14/h1-3H,(H,11,12). The fourth-order valence-corrected chi connectivity index (χ4v) is 1.11. The fourth-order valence-electron chi connectivity index (χ4n) is 1.01. The maximum atomic E-state index is 10.3. The molecule has 2 rings (SSSR count). The molecule has 70 valence electrons. The van der Waals surface area contributed by atoms with Crippen LogP contribution in [0.4, 0.5) is 5.82 Å². The molecule has 0 saturated heterocycles. The Kier molecular flexibility index (Phi) is 2.19. The molecule has 0 spiro atoms. The average molecular weight is 210 g/mol. The maximum absolute atomic E-state index is 10.3. The smallest absolute Gasteiger partial charge is 0.222 e. The van der Waals surface area contributed by atoms with Crippen LogP contribution in [0.25, 0.3) is 11.1 Å². The van der Waals surface area contributed by atoms with Crippen molar-refractivity contribution < 1.29 is 0 Å². The van der Waals surface area contributed by atoms with E-state index in [1.54, 1.807) is 0 Å². The molecule has 0 aliphatic carbocycles. The van der Waals surface area contributed by atoms with Crippen LogP contribution in [0.3, 0.4) is 0 Å². The number of aromatic amines is 1. The number of aromatic nitrogens is 4. The predicted octanol–water partition coefficient (Wildman–Crippen LogP) is 1.92. The Morgan fingerprint density at radius 3 is 2.64 bits per heavy atom. The lowest BCUT2D eigenvalue weighted by Gasteiger charge is -1.95. The van der Waals surface area contributed by atoms with Gasteiger partial charge in [0.1, 0.15) is 0 Å². The number of nitroso groups, excluding NO2 is 1. The van der Waals surface area contributed by atoms with Gasteiger partial charge in [0, 0.05) is 18.0 Å². The molecule has 0 aromatic carbocycles. The highest BCUT2D eigenvalue weighted by Crippen LogP contribution is 2.26. The van der Waals surface area contributed by atoms with Gasteiger partial charge in [-0.3, -0.25) is 5.10 Å². The molecule has 0 unspecified atom stereocenters. The van der Waals surface area contributed by atoms with Gasteiger partial charge >= 0.3 is 0 Å². The second-order valence-corrected chi connectivity index (χ2v) is 2.80. The molecule has 1 N–H and O–H groups in total. The van der Waals surface area contributed by atoms with Gasteiger partial charge in [0.05, 0.1) is 11.8 Å². The first kappa shape index (κ1) is 8.76. The van der Waals surface area contributed by atoms with E-state index in [0.717, 1.165) is 0 Å². The zero-order valence-corrected chi connectivity index (χ0v) is 7.56. The zero-order valence-electron chi connectivity index (χ0n) is 6.81. The quantitative estimate of drug-likeness (QED) is 0.605. The average Bonchev–Trinajstić information content (AvgIpc) is 2.67. The van der Waals surface area contributed by atoms with E-state index in [4.69, 9.17) is 11.6 Å². The van der Waals surface area contributed by atoms with Gasteiger partial charge in [-0.05, 0) is 16.8 Å². The van der Waals surface area contributed by atoms with E-state index in [2.05, 4.69) is 25.3 Å². The Balaban J connectivity index is 2.49. The zero-order chi connectivity index (χ0) is 9.97. The van der Waals surface area contributed by atoms with E-state index in [1.165, 1.54) is 18.6 Å². The minimum absolute atomic E-state index is 0.149. The summed E-state index contributed by atoms with van der Waals surface area (Å²) in [5, 5.41) is 9.06. The molecular weight excluding hydrogens is 206 g/mol. The predicted molar refractivity (Wildman–Crippen MR) is 50.1 cm³/mol. The van der Waals surface area contributed by atoms with Gasteiger partial charge in [-0.1, -0.05) is 0 Å². The van der Waals surface area contributed by atoms with Crippen LogP contribution in [-0.4, -0.2) is 20.2 Å². The molecule has 0 radical (unpaired) electrons. The largest absolute Gasteiger partial charge is 0.258 e. The summed E-state index contributed by atoms with van der Waals surface area (Å²) in [6.07, 6.45) is 4.47. The van der Waals surface area contributed by atoms with E-state index in [0.29, 0.717) is 11.1 Å². The van der Waals surface area contributed by atoms with Crippen molar-refractivity contribution in [3.05, 3.63) is 28.8 Å². The second kappa shape index (κ2) is 3.51. The minimum Gasteiger partial charge on any atom is -0.258 e. The highest BCUT2D eigenvalue weighted by atomic mass is 35.5. The summed E-state index contributed by atoms with van der Waals surface area (Å²) < 4.78 is 0. The van der Waals surface area contributed by atoms with Gasteiger partial charge in [-0.2, -0.15) is 5.10 Å². The highest BCUT2D eigenvalue weighted by Gasteiger charge is 2.08. The van der Waals surface area contributed by atoms with Crippen molar-refractivity contribution >= 4 is 17.4 Å². The molecule has 0 bridgehead atoms. The molecular formula is C7H4ClN5O. The molecule has 0 atom stereocenters. The summed E-state index contributed by atoms with van der Waals surface area (Å²) in [6.45, 7) is 0. The third-order valence-corrected chi connectivity index (χ3v) is 1.84. The lowest BCUT2D eigenvalue weighted by molar-refractivity contribution is 1.08. The summed E-state index contributed by atoms with van der Waals surface area (Å²) in [5.74, 6) is 0.149. The molecule has 7 heteroatoms. The summed E-state index contributed by atoms with van der Waals surface area (Å²) >= 11 is 5.52. The molecule has 6 nitrogen and oxygen atoms in total. The summed E-state index contributed by atoms with van der Waals surface area (Å²) in [5.41, 5.74) is 1.19. The maximum Gasteiger partial charge on any atom is 0.222 e. The van der Waals surface area contributed by atoms with Gasteiger partial charge in [0.2, 0.25) is 11.1 Å². The van der Waals surface area contributed by atoms with Crippen molar-refractivity contribution in [2.45, 2.75) is 0 Å². The SMILES string of the molecule is O=Nc1[nH]ncc1-c1cnc(Cl)nc1. The Hall–Kier alpha value is -1.82. The first-order valence-electron chi connectivity index (χ1n) is 3.66. The Labute approximate surface area is 83.3 Å². The molecule has 0 saturated carbocycles. The lowest BCUT2D eigenvalue weighted by Crippen LogP contribution is -1.82. The van der Waals surface area contributed by atoms with E-state index >= 15 is 0 Å². The van der Waals surface area contributed by atoms with Gasteiger partial charge in [-0.25, -0.2) is 9.97 Å². The number of hydrogen-bond donors (Lipinski definition) is 1. The van der Waals surface area contributed by atoms with Crippen LogP contribution in [0.15, 0.2) is 23.8 Å². The van der Waals surface area contributed by atoms with Gasteiger partial charge in [0.25, 0.3) is 0 Å². The second-order valence-electron chi connectivity index (χ2n) is 2.46. The molecule has 2 aromatic rings. The van der Waals surface area contributed by atoms with Crippen LogP contribution >= 0.6 is 11.6 Å². The number of halogens is 1. The third kappa shape index (κ3) is 1.47. The van der Waals surface area contributed by atoms with E-state index < -0.39 is 0 Å². The Morgan fingerprint density at radius 1 is 1.29 bits per heavy atom. The Morgan fingerprint density at radius 2 is 2.00 bits per heavy atom. The lowest BCUT2D eigenvalue weighted by atomic mass is 10.2. The summed E-state index contributed by atoms with van der Waals surface area (Å²) in [6, 6.07) is 0. The number of hydrogen-bond acceptors (Lipinski definition) is 5. The Bertz CT molecular complexity index is 451. The highest BCUT2D eigenvalue weighted by molar-refractivity contribution is 6.28. The molecule has 2 aromatic heterocycles. The van der Waals surface area contributed by atoms with Crippen molar-refractivity contribution in [2.24, 2.45) is 5.18 Å². The van der Waals surface area contributed by atoms with E-state index in [-0.39, 0.29) is 11.1 Å². The van der Waals surface area contributed by atoms with Crippen molar-refractivity contribution in [2.75, 3.05) is 0 Å². The van der Waals surface area contributed by atoms with Crippen LogP contribution in [0.2, 0.25) is 5.28 Å². The van der Waals surface area contributed by atoms with E-state index in [9.17, 15) is 4.91 Å². The van der Waals surface area contributed by atoms with Crippen LogP contribution < -0.4 is 0 Å². The fraction of sp³-hybridized carbons (Fsp3) is 0.